The minimum atomic E-state index is -0.782. The zero-order valence-corrected chi connectivity index (χ0v) is 51.2. The summed E-state index contributed by atoms with van der Waals surface area (Å²) in [6.07, 6.45) is 89.7. The molecular weight excluding hydrogens is 961 g/mol. The van der Waals surface area contributed by atoms with Crippen molar-refractivity contribution in [1.29, 1.82) is 0 Å². The number of rotatable bonds is 59. The molecule has 78 heavy (non-hydrogen) atoms. The highest BCUT2D eigenvalue weighted by Gasteiger charge is 2.19. The van der Waals surface area contributed by atoms with Crippen LogP contribution in [0, 0.1) is 0 Å². The third kappa shape index (κ3) is 62.9. The molecule has 0 saturated carbocycles. The molecule has 0 saturated heterocycles. The van der Waals surface area contributed by atoms with Crippen LogP contribution in [0.5, 0.6) is 0 Å². The van der Waals surface area contributed by atoms with Crippen LogP contribution in [0.25, 0.3) is 0 Å². The summed E-state index contributed by atoms with van der Waals surface area (Å²) in [5, 5.41) is 0. The van der Waals surface area contributed by atoms with E-state index in [1.807, 2.05) is 0 Å². The first-order valence-corrected chi connectivity index (χ1v) is 32.9. The van der Waals surface area contributed by atoms with Crippen molar-refractivity contribution in [3.63, 3.8) is 0 Å². The standard InChI is InChI=1S/C72H122O6/c1-4-7-10-13-16-19-21-23-25-27-28-29-30-31-32-33-34-35-36-37-38-39-40-41-42-43-44-45-47-48-50-53-56-59-62-65-71(74)77-68-69(67-76-70(73)64-61-58-55-52-18-15-12-9-6-3)78-72(75)66-63-60-57-54-51-49-46-26-24-22-20-17-14-11-8-5-2/h7,10,16,19,23,25-26,28-29,31-32,34-35,37-38,40-41,46,69H,4-6,8-9,11-15,17-18,20-22,24,27,30,33,36,39,42-45,47-68H2,1-3H3/b10-7-,19-16-,25-23-,29-28-,32-31-,35-34-,38-37-,41-40-,46-26-. The molecule has 0 aliphatic heterocycles. The van der Waals surface area contributed by atoms with Crippen LogP contribution in [0.1, 0.15) is 310 Å². The fourth-order valence-corrected chi connectivity index (χ4v) is 9.10. The van der Waals surface area contributed by atoms with Crippen LogP contribution < -0.4 is 0 Å². The number of esters is 3. The van der Waals surface area contributed by atoms with Crippen molar-refractivity contribution in [1.82, 2.24) is 0 Å². The molecule has 6 nitrogen and oxygen atoms in total. The molecule has 1 unspecified atom stereocenters. The third-order valence-electron chi connectivity index (χ3n) is 14.0. The molecule has 0 aliphatic carbocycles. The van der Waals surface area contributed by atoms with Gasteiger partial charge in [-0.1, -0.05) is 291 Å². The highest BCUT2D eigenvalue weighted by molar-refractivity contribution is 5.71. The Kier molecular flexibility index (Phi) is 62.3. The lowest BCUT2D eigenvalue weighted by Crippen LogP contribution is -2.30. The van der Waals surface area contributed by atoms with E-state index in [-0.39, 0.29) is 31.1 Å². The van der Waals surface area contributed by atoms with E-state index in [9.17, 15) is 14.4 Å². The molecule has 1 atom stereocenters. The van der Waals surface area contributed by atoms with Crippen LogP contribution in [0.4, 0.5) is 0 Å². The Hall–Kier alpha value is -3.93. The minimum absolute atomic E-state index is 0.0794. The number of hydrogen-bond donors (Lipinski definition) is 0. The molecule has 0 aromatic heterocycles. The minimum Gasteiger partial charge on any atom is -0.462 e. The normalized spacial score (nSPS) is 12.8. The van der Waals surface area contributed by atoms with Gasteiger partial charge in [0, 0.05) is 19.3 Å². The van der Waals surface area contributed by atoms with Gasteiger partial charge in [-0.05, 0) is 109 Å². The van der Waals surface area contributed by atoms with Gasteiger partial charge in [-0.15, -0.1) is 0 Å². The fourth-order valence-electron chi connectivity index (χ4n) is 9.10. The van der Waals surface area contributed by atoms with Crippen LogP contribution in [0.2, 0.25) is 0 Å². The van der Waals surface area contributed by atoms with Crippen LogP contribution in [0.15, 0.2) is 109 Å². The summed E-state index contributed by atoms with van der Waals surface area (Å²) in [4.78, 5) is 38.1. The predicted octanol–water partition coefficient (Wildman–Crippen LogP) is 22.6. The maximum absolute atomic E-state index is 12.9. The number of unbranched alkanes of at least 4 members (excludes halogenated alkanes) is 30. The first-order valence-electron chi connectivity index (χ1n) is 32.9. The molecule has 0 amide bonds. The monoisotopic (exact) mass is 1080 g/mol. The van der Waals surface area contributed by atoms with Gasteiger partial charge in [0.25, 0.3) is 0 Å². The Morgan fingerprint density at radius 2 is 0.500 bits per heavy atom. The van der Waals surface area contributed by atoms with Gasteiger partial charge < -0.3 is 14.2 Å². The van der Waals surface area contributed by atoms with Crippen molar-refractivity contribution in [2.24, 2.45) is 0 Å². The second-order valence-electron chi connectivity index (χ2n) is 21.6. The Morgan fingerprint density at radius 1 is 0.269 bits per heavy atom. The molecule has 0 spiro atoms. The molecule has 0 bridgehead atoms. The second-order valence-corrected chi connectivity index (χ2v) is 21.6. The summed E-state index contributed by atoms with van der Waals surface area (Å²) in [6, 6.07) is 0. The lowest BCUT2D eigenvalue weighted by molar-refractivity contribution is -0.167. The van der Waals surface area contributed by atoms with E-state index in [2.05, 4.69) is 130 Å². The van der Waals surface area contributed by atoms with E-state index in [0.717, 1.165) is 122 Å². The molecule has 0 heterocycles. The second kappa shape index (κ2) is 65.6. The maximum atomic E-state index is 12.9. The zero-order chi connectivity index (χ0) is 56.4. The fraction of sp³-hybridized carbons (Fsp3) is 0.708. The number of hydrogen-bond acceptors (Lipinski definition) is 6. The largest absolute Gasteiger partial charge is 0.462 e. The average molecular weight is 1080 g/mol. The van der Waals surface area contributed by atoms with Gasteiger partial charge in [-0.3, -0.25) is 14.4 Å². The van der Waals surface area contributed by atoms with E-state index in [1.165, 1.54) is 148 Å². The smallest absolute Gasteiger partial charge is 0.306 e. The first kappa shape index (κ1) is 74.1. The quantitative estimate of drug-likeness (QED) is 0.0261. The van der Waals surface area contributed by atoms with Gasteiger partial charge in [0.15, 0.2) is 6.10 Å². The molecule has 0 aromatic carbocycles. The predicted molar refractivity (Wildman–Crippen MR) is 339 cm³/mol. The van der Waals surface area contributed by atoms with Gasteiger partial charge in [-0.2, -0.15) is 0 Å². The zero-order valence-electron chi connectivity index (χ0n) is 51.2. The summed E-state index contributed by atoms with van der Waals surface area (Å²) in [5.74, 6) is -0.887. The molecule has 0 aromatic rings. The lowest BCUT2D eigenvalue weighted by atomic mass is 10.1. The van der Waals surface area contributed by atoms with E-state index < -0.39 is 6.10 Å². The highest BCUT2D eigenvalue weighted by Crippen LogP contribution is 2.16. The van der Waals surface area contributed by atoms with E-state index in [0.29, 0.717) is 19.3 Å². The molecular formula is C72H122O6. The van der Waals surface area contributed by atoms with Gasteiger partial charge >= 0.3 is 17.9 Å². The first-order chi connectivity index (χ1) is 38.5. The number of ether oxygens (including phenoxy) is 3. The highest BCUT2D eigenvalue weighted by atomic mass is 16.6. The molecule has 0 fully saturated rings. The van der Waals surface area contributed by atoms with Crippen molar-refractivity contribution >= 4 is 17.9 Å². The van der Waals surface area contributed by atoms with Gasteiger partial charge in [-0.25, -0.2) is 0 Å². The number of carbonyl (C=O) groups is 3. The van der Waals surface area contributed by atoms with Crippen molar-refractivity contribution in [3.05, 3.63) is 109 Å². The Labute approximate surface area is 482 Å². The Balaban J connectivity index is 4.15. The third-order valence-corrected chi connectivity index (χ3v) is 14.0. The molecule has 446 valence electrons. The van der Waals surface area contributed by atoms with Crippen molar-refractivity contribution < 1.29 is 28.6 Å². The summed E-state index contributed by atoms with van der Waals surface area (Å²) in [6.45, 7) is 6.51. The molecule has 0 rings (SSSR count). The van der Waals surface area contributed by atoms with Crippen LogP contribution in [-0.2, 0) is 28.6 Å². The van der Waals surface area contributed by atoms with E-state index in [1.54, 1.807) is 0 Å². The van der Waals surface area contributed by atoms with Crippen molar-refractivity contribution in [2.75, 3.05) is 13.2 Å². The average Bonchev–Trinajstić information content (AvgIpc) is 3.44. The summed E-state index contributed by atoms with van der Waals surface area (Å²) in [5.41, 5.74) is 0. The van der Waals surface area contributed by atoms with Crippen molar-refractivity contribution in [2.45, 2.75) is 316 Å². The van der Waals surface area contributed by atoms with Crippen LogP contribution in [-0.4, -0.2) is 37.2 Å². The SMILES string of the molecule is CC/C=C\C/C=C\C/C=C\C/C=C\C/C=C\C/C=C\C/C=C\C/C=C\CCCCCCCCCCCCC(=O)OCC(COC(=O)CCCCCCCCCCC)OC(=O)CCCCCCC/C=C\CCCCCCCCC. The topological polar surface area (TPSA) is 78.9 Å². The van der Waals surface area contributed by atoms with E-state index >= 15 is 0 Å². The van der Waals surface area contributed by atoms with Crippen LogP contribution >= 0.6 is 0 Å². The van der Waals surface area contributed by atoms with Gasteiger partial charge in [0.2, 0.25) is 0 Å². The summed E-state index contributed by atoms with van der Waals surface area (Å²) >= 11 is 0. The summed E-state index contributed by atoms with van der Waals surface area (Å²) < 4.78 is 16.9. The number of carbonyl (C=O) groups excluding carboxylic acids is 3. The summed E-state index contributed by atoms with van der Waals surface area (Å²) in [7, 11) is 0. The van der Waals surface area contributed by atoms with E-state index in [4.69, 9.17) is 14.2 Å². The molecule has 0 radical (unpaired) electrons. The maximum Gasteiger partial charge on any atom is 0.306 e. The lowest BCUT2D eigenvalue weighted by Gasteiger charge is -2.18. The molecule has 0 N–H and O–H groups in total. The van der Waals surface area contributed by atoms with Crippen LogP contribution in [0.3, 0.4) is 0 Å². The molecule has 6 heteroatoms. The Bertz CT molecular complexity index is 1570. The van der Waals surface area contributed by atoms with Gasteiger partial charge in [0.1, 0.15) is 13.2 Å². The number of allylic oxidation sites excluding steroid dienone is 18. The molecule has 0 aliphatic rings. The van der Waals surface area contributed by atoms with Gasteiger partial charge in [0.05, 0.1) is 0 Å². The van der Waals surface area contributed by atoms with Crippen molar-refractivity contribution in [3.8, 4) is 0 Å². The Morgan fingerprint density at radius 3 is 0.795 bits per heavy atom.